The number of nitrogen functional groups attached to an aromatic ring is 1. The monoisotopic (exact) mass is 265 g/mol. The summed E-state index contributed by atoms with van der Waals surface area (Å²) < 4.78 is 0. The molecule has 0 saturated carbocycles. The minimum Gasteiger partial charge on any atom is -0.368 e. The van der Waals surface area contributed by atoms with Gasteiger partial charge in [-0.05, 0) is 20.9 Å². The van der Waals surface area contributed by atoms with Crippen molar-refractivity contribution in [3.05, 3.63) is 0 Å². The summed E-state index contributed by atoms with van der Waals surface area (Å²) in [6.45, 7) is 6.22. The van der Waals surface area contributed by atoms with Crippen molar-refractivity contribution in [1.29, 1.82) is 0 Å². The van der Waals surface area contributed by atoms with Crippen LogP contribution in [0.25, 0.3) is 0 Å². The Labute approximate surface area is 114 Å². The van der Waals surface area contributed by atoms with Crippen LogP contribution in [0.5, 0.6) is 0 Å². The number of likely N-dealkylation sites (N-methyl/N-ethyl adjacent to an activating group) is 1. The van der Waals surface area contributed by atoms with E-state index in [0.29, 0.717) is 24.0 Å². The second kappa shape index (κ2) is 5.16. The van der Waals surface area contributed by atoms with E-state index in [1.54, 1.807) is 0 Å². The van der Waals surface area contributed by atoms with Crippen molar-refractivity contribution >= 4 is 17.8 Å². The molecule has 1 aromatic heterocycles. The number of piperazine rings is 1. The first kappa shape index (κ1) is 13.8. The average Bonchev–Trinajstić information content (AvgIpc) is 2.34. The van der Waals surface area contributed by atoms with Crippen LogP contribution < -0.4 is 15.5 Å². The molecule has 0 aliphatic carbocycles. The van der Waals surface area contributed by atoms with E-state index in [0.717, 1.165) is 13.1 Å². The first-order valence-electron chi connectivity index (χ1n) is 6.54. The maximum atomic E-state index is 5.77. The van der Waals surface area contributed by atoms with Crippen molar-refractivity contribution in [2.24, 2.45) is 0 Å². The van der Waals surface area contributed by atoms with Gasteiger partial charge in [-0.2, -0.15) is 15.0 Å². The smallest absolute Gasteiger partial charge is 0.232 e. The molecule has 0 aromatic carbocycles. The van der Waals surface area contributed by atoms with E-state index in [1.165, 1.54) is 0 Å². The lowest BCUT2D eigenvalue weighted by Crippen LogP contribution is -2.55. The molecular weight excluding hydrogens is 242 g/mol. The number of aromatic nitrogens is 3. The molecule has 2 atom stereocenters. The maximum Gasteiger partial charge on any atom is 0.232 e. The number of anilines is 3. The minimum absolute atomic E-state index is 0.271. The van der Waals surface area contributed by atoms with Crippen molar-refractivity contribution in [2.75, 3.05) is 49.8 Å². The molecule has 2 heterocycles. The molecule has 1 aromatic rings. The van der Waals surface area contributed by atoms with Crippen LogP contribution in [-0.2, 0) is 0 Å². The van der Waals surface area contributed by atoms with E-state index in [4.69, 9.17) is 5.73 Å². The van der Waals surface area contributed by atoms with Gasteiger partial charge in [0.15, 0.2) is 0 Å². The molecule has 7 nitrogen and oxygen atoms in total. The topological polar surface area (TPSA) is 74.4 Å². The van der Waals surface area contributed by atoms with E-state index < -0.39 is 0 Å². The summed E-state index contributed by atoms with van der Waals surface area (Å²) in [5.41, 5.74) is 5.77. The lowest BCUT2D eigenvalue weighted by atomic mass is 10.1. The molecule has 2 N–H and O–H groups in total. The largest absolute Gasteiger partial charge is 0.368 e. The first-order chi connectivity index (χ1) is 8.88. The highest BCUT2D eigenvalue weighted by atomic mass is 15.4. The van der Waals surface area contributed by atoms with Crippen LogP contribution in [0.1, 0.15) is 13.8 Å². The molecule has 0 radical (unpaired) electrons. The molecule has 0 spiro atoms. The van der Waals surface area contributed by atoms with Gasteiger partial charge in [-0.15, -0.1) is 0 Å². The van der Waals surface area contributed by atoms with Crippen LogP contribution in [0.15, 0.2) is 0 Å². The highest BCUT2D eigenvalue weighted by Gasteiger charge is 2.28. The van der Waals surface area contributed by atoms with Gasteiger partial charge in [0.1, 0.15) is 0 Å². The number of nitrogens with zero attached hydrogens (tertiary/aromatic N) is 6. The summed E-state index contributed by atoms with van der Waals surface area (Å²) in [5, 5.41) is 0. The van der Waals surface area contributed by atoms with E-state index in [1.807, 2.05) is 19.0 Å². The molecule has 106 valence electrons. The Balaban J connectivity index is 2.26. The Bertz CT molecular complexity index is 436. The zero-order valence-corrected chi connectivity index (χ0v) is 12.3. The number of rotatable bonds is 2. The van der Waals surface area contributed by atoms with Crippen molar-refractivity contribution in [3.8, 4) is 0 Å². The third kappa shape index (κ3) is 2.86. The SMILES string of the molecule is CC1CN(c2nc(N)nc(N(C)C)n2)CC(C)N1C. The van der Waals surface area contributed by atoms with Crippen molar-refractivity contribution < 1.29 is 0 Å². The Kier molecular flexibility index (Phi) is 3.75. The lowest BCUT2D eigenvalue weighted by Gasteiger charge is -2.42. The molecule has 1 fully saturated rings. The Morgan fingerprint density at radius 1 is 1.11 bits per heavy atom. The van der Waals surface area contributed by atoms with Gasteiger partial charge >= 0.3 is 0 Å². The highest BCUT2D eigenvalue weighted by Crippen LogP contribution is 2.20. The molecular formula is C12H23N7. The molecule has 1 saturated heterocycles. The second-order valence-electron chi connectivity index (χ2n) is 5.46. The summed E-state index contributed by atoms with van der Waals surface area (Å²) >= 11 is 0. The molecule has 7 heteroatoms. The third-order valence-electron chi connectivity index (χ3n) is 3.67. The van der Waals surface area contributed by atoms with Gasteiger partial charge in [0.2, 0.25) is 17.8 Å². The lowest BCUT2D eigenvalue weighted by molar-refractivity contribution is 0.169. The Morgan fingerprint density at radius 3 is 2.21 bits per heavy atom. The number of nitrogens with two attached hydrogens (primary N) is 1. The summed E-state index contributed by atoms with van der Waals surface area (Å²) in [6.07, 6.45) is 0. The van der Waals surface area contributed by atoms with Crippen molar-refractivity contribution in [1.82, 2.24) is 19.9 Å². The predicted molar refractivity (Wildman–Crippen MR) is 77.5 cm³/mol. The molecule has 0 amide bonds. The predicted octanol–water partition coefficient (Wildman–Crippen LogP) is 0.0486. The van der Waals surface area contributed by atoms with Crippen molar-refractivity contribution in [2.45, 2.75) is 25.9 Å². The van der Waals surface area contributed by atoms with Gasteiger partial charge in [-0.1, -0.05) is 0 Å². The maximum absolute atomic E-state index is 5.77. The minimum atomic E-state index is 0.271. The van der Waals surface area contributed by atoms with Crippen LogP contribution in [0, 0.1) is 0 Å². The van der Waals surface area contributed by atoms with Crippen LogP contribution >= 0.6 is 0 Å². The van der Waals surface area contributed by atoms with Gasteiger partial charge in [-0.3, -0.25) is 4.90 Å². The zero-order valence-electron chi connectivity index (χ0n) is 12.3. The van der Waals surface area contributed by atoms with E-state index in [-0.39, 0.29) is 5.95 Å². The fourth-order valence-corrected chi connectivity index (χ4v) is 2.28. The average molecular weight is 265 g/mol. The van der Waals surface area contributed by atoms with Crippen LogP contribution in [0.4, 0.5) is 17.8 Å². The van der Waals surface area contributed by atoms with Crippen LogP contribution in [0.3, 0.4) is 0 Å². The van der Waals surface area contributed by atoms with E-state index in [2.05, 4.69) is 45.6 Å². The van der Waals surface area contributed by atoms with Gasteiger partial charge in [0.05, 0.1) is 0 Å². The Hall–Kier alpha value is -1.63. The summed E-state index contributed by atoms with van der Waals surface area (Å²) in [6, 6.07) is 0.925. The normalized spacial score (nSPS) is 24.6. The molecule has 1 aliphatic heterocycles. The molecule has 0 bridgehead atoms. The van der Waals surface area contributed by atoms with Crippen molar-refractivity contribution in [3.63, 3.8) is 0 Å². The second-order valence-corrected chi connectivity index (χ2v) is 5.46. The molecule has 2 unspecified atom stereocenters. The summed E-state index contributed by atoms with van der Waals surface area (Å²) in [4.78, 5) is 19.3. The molecule has 1 aliphatic rings. The number of hydrogen-bond acceptors (Lipinski definition) is 7. The van der Waals surface area contributed by atoms with Gasteiger partial charge in [0.25, 0.3) is 0 Å². The zero-order chi connectivity index (χ0) is 14.2. The summed E-state index contributed by atoms with van der Waals surface area (Å²) in [5.74, 6) is 1.54. The highest BCUT2D eigenvalue weighted by molar-refractivity contribution is 5.43. The fraction of sp³-hybridized carbons (Fsp3) is 0.750. The fourth-order valence-electron chi connectivity index (χ4n) is 2.28. The summed E-state index contributed by atoms with van der Waals surface area (Å²) in [7, 11) is 5.95. The van der Waals surface area contributed by atoms with Crippen LogP contribution in [-0.4, -0.2) is 66.2 Å². The van der Waals surface area contributed by atoms with Gasteiger partial charge in [0, 0.05) is 39.3 Å². The van der Waals surface area contributed by atoms with Gasteiger partial charge < -0.3 is 15.5 Å². The quantitative estimate of drug-likeness (QED) is 0.809. The number of hydrogen-bond donors (Lipinski definition) is 1. The first-order valence-corrected chi connectivity index (χ1v) is 6.54. The standard InChI is InChI=1S/C12H23N7/c1-8-6-19(7-9(2)18(8)5)12-15-10(13)14-11(16-12)17(3)4/h8-9H,6-7H2,1-5H3,(H2,13,14,15,16). The van der Waals surface area contributed by atoms with Gasteiger partial charge in [-0.25, -0.2) is 0 Å². The van der Waals surface area contributed by atoms with E-state index >= 15 is 0 Å². The molecule has 2 rings (SSSR count). The van der Waals surface area contributed by atoms with E-state index in [9.17, 15) is 0 Å². The molecule has 19 heavy (non-hydrogen) atoms. The van der Waals surface area contributed by atoms with Crippen LogP contribution in [0.2, 0.25) is 0 Å². The third-order valence-corrected chi connectivity index (χ3v) is 3.67. The Morgan fingerprint density at radius 2 is 1.68 bits per heavy atom.